The van der Waals surface area contributed by atoms with Crippen molar-refractivity contribution in [1.82, 2.24) is 5.32 Å². The van der Waals surface area contributed by atoms with Crippen LogP contribution in [0.3, 0.4) is 0 Å². The van der Waals surface area contributed by atoms with Gasteiger partial charge in [0.25, 0.3) is 0 Å². The fourth-order valence-corrected chi connectivity index (χ4v) is 1.25. The average molecular weight is 191 g/mol. The van der Waals surface area contributed by atoms with Crippen LogP contribution in [0.25, 0.3) is 0 Å². The Morgan fingerprint density at radius 3 is 2.82 bits per heavy atom. The highest BCUT2D eigenvalue weighted by Crippen LogP contribution is 1.99. The van der Waals surface area contributed by atoms with Gasteiger partial charge in [-0.05, 0) is 18.2 Å². The van der Waals surface area contributed by atoms with Crippen molar-refractivity contribution in [1.29, 1.82) is 5.41 Å². The molecule has 0 unspecified atom stereocenters. The molecule has 0 saturated carbocycles. The van der Waals surface area contributed by atoms with Crippen LogP contribution in [0.5, 0.6) is 0 Å². The lowest BCUT2D eigenvalue weighted by Gasteiger charge is -2.03. The molecule has 0 amide bonds. The first-order valence-electron chi connectivity index (χ1n) is 3.46. The van der Waals surface area contributed by atoms with Crippen LogP contribution < -0.4 is 11.1 Å². The number of nitrogens with two attached hydrogens (primary N) is 1. The van der Waals surface area contributed by atoms with Crippen molar-refractivity contribution in [2.24, 2.45) is 5.73 Å². The Kier molecular flexibility index (Phi) is 6.25. The van der Waals surface area contributed by atoms with Gasteiger partial charge in [0.2, 0.25) is 0 Å². The molecular formula is C6H13N3S2. The number of nitrogens with one attached hydrogen (secondary N) is 2. The lowest BCUT2D eigenvalue weighted by atomic mass is 10.3. The van der Waals surface area contributed by atoms with Gasteiger partial charge >= 0.3 is 0 Å². The van der Waals surface area contributed by atoms with Crippen molar-refractivity contribution in [2.45, 2.75) is 19.8 Å². The van der Waals surface area contributed by atoms with Crippen molar-refractivity contribution >= 4 is 33.5 Å². The zero-order chi connectivity index (χ0) is 8.69. The largest absolute Gasteiger partial charge is 0.378 e. The molecule has 11 heavy (non-hydrogen) atoms. The first-order valence-corrected chi connectivity index (χ1v) is 4.69. The quantitative estimate of drug-likeness (QED) is 0.272. The zero-order valence-electron chi connectivity index (χ0n) is 6.52. The van der Waals surface area contributed by atoms with Crippen LogP contribution in [0.4, 0.5) is 0 Å². The number of thiocarbonyl (C=S) groups is 1. The molecule has 0 aromatic rings. The van der Waals surface area contributed by atoms with Crippen molar-refractivity contribution in [3.63, 3.8) is 0 Å². The molecule has 0 saturated heterocycles. The Bertz CT molecular complexity index is 147. The van der Waals surface area contributed by atoms with Crippen molar-refractivity contribution in [3.05, 3.63) is 0 Å². The van der Waals surface area contributed by atoms with Crippen LogP contribution in [0.2, 0.25) is 0 Å². The third kappa shape index (κ3) is 7.61. The monoisotopic (exact) mass is 191 g/mol. The summed E-state index contributed by atoms with van der Waals surface area (Å²) in [5, 5.41) is 9.95. The van der Waals surface area contributed by atoms with E-state index in [9.17, 15) is 0 Å². The van der Waals surface area contributed by atoms with Crippen LogP contribution in [-0.4, -0.2) is 16.0 Å². The summed E-state index contributed by atoms with van der Waals surface area (Å²) in [4.78, 5) is 0. The molecule has 5 heteroatoms. The molecule has 0 spiro atoms. The maximum absolute atomic E-state index is 6.92. The number of amidine groups is 1. The van der Waals surface area contributed by atoms with Gasteiger partial charge < -0.3 is 11.1 Å². The summed E-state index contributed by atoms with van der Waals surface area (Å²) < 4.78 is 0.589. The van der Waals surface area contributed by atoms with Crippen LogP contribution in [0.15, 0.2) is 0 Å². The minimum absolute atomic E-state index is 0.0407. The average Bonchev–Trinajstić information content (AvgIpc) is 1.86. The van der Waals surface area contributed by atoms with Gasteiger partial charge in [-0.2, -0.15) is 0 Å². The van der Waals surface area contributed by atoms with Gasteiger partial charge in [0, 0.05) is 6.54 Å². The standard InChI is InChI=1S/C6H13N3S2/c1-2-3-4-9-6(10)11-5(7)8/h2-4H2,1H3,(H3,7,8)(H,9,10). The van der Waals surface area contributed by atoms with Gasteiger partial charge in [-0.3, -0.25) is 5.41 Å². The predicted octanol–water partition coefficient (Wildman–Crippen LogP) is 1.29. The molecule has 0 heterocycles. The second kappa shape index (κ2) is 6.42. The van der Waals surface area contributed by atoms with Crippen LogP contribution in [0, 0.1) is 5.41 Å². The second-order valence-corrected chi connectivity index (χ2v) is 3.75. The molecule has 0 rings (SSSR count). The van der Waals surface area contributed by atoms with Crippen molar-refractivity contribution in [3.8, 4) is 0 Å². The third-order valence-electron chi connectivity index (χ3n) is 1.00. The Balaban J connectivity index is 3.30. The zero-order valence-corrected chi connectivity index (χ0v) is 8.15. The first kappa shape index (κ1) is 10.7. The van der Waals surface area contributed by atoms with Crippen molar-refractivity contribution in [2.75, 3.05) is 6.54 Å². The fraction of sp³-hybridized carbons (Fsp3) is 0.667. The smallest absolute Gasteiger partial charge is 0.158 e. The van der Waals surface area contributed by atoms with E-state index in [-0.39, 0.29) is 5.17 Å². The number of rotatable bonds is 3. The topological polar surface area (TPSA) is 61.9 Å². The highest BCUT2D eigenvalue weighted by molar-refractivity contribution is 8.32. The van der Waals surface area contributed by atoms with Crippen LogP contribution in [0.1, 0.15) is 19.8 Å². The normalized spacial score (nSPS) is 9.18. The minimum atomic E-state index is 0.0407. The molecule has 0 aliphatic carbocycles. The highest BCUT2D eigenvalue weighted by Gasteiger charge is 1.96. The second-order valence-electron chi connectivity index (χ2n) is 2.03. The summed E-state index contributed by atoms with van der Waals surface area (Å²) >= 11 is 5.96. The van der Waals surface area contributed by atoms with E-state index in [0.717, 1.165) is 31.1 Å². The molecular weight excluding hydrogens is 178 g/mol. The maximum Gasteiger partial charge on any atom is 0.158 e. The fourth-order valence-electron chi connectivity index (χ4n) is 0.503. The molecule has 0 radical (unpaired) electrons. The first-order chi connectivity index (χ1) is 5.16. The van der Waals surface area contributed by atoms with Gasteiger partial charge in [-0.25, -0.2) is 0 Å². The van der Waals surface area contributed by atoms with Crippen LogP contribution in [-0.2, 0) is 0 Å². The van der Waals surface area contributed by atoms with E-state index in [1.54, 1.807) is 0 Å². The maximum atomic E-state index is 6.92. The number of unbranched alkanes of at least 4 members (excludes halogenated alkanes) is 1. The van der Waals surface area contributed by atoms with E-state index in [1.807, 2.05) is 0 Å². The van der Waals surface area contributed by atoms with Gasteiger partial charge in [-0.15, -0.1) is 0 Å². The van der Waals surface area contributed by atoms with Gasteiger partial charge in [0.15, 0.2) is 5.17 Å². The molecule has 3 nitrogen and oxygen atoms in total. The Morgan fingerprint density at radius 1 is 1.73 bits per heavy atom. The summed E-state index contributed by atoms with van der Waals surface area (Å²) in [6.07, 6.45) is 2.24. The number of thioether (sulfide) groups is 1. The minimum Gasteiger partial charge on any atom is -0.378 e. The predicted molar refractivity (Wildman–Crippen MR) is 55.0 cm³/mol. The molecule has 0 aliphatic rings. The summed E-state index contributed by atoms with van der Waals surface area (Å²) in [7, 11) is 0. The molecule has 64 valence electrons. The van der Waals surface area contributed by atoms with E-state index in [4.69, 9.17) is 23.4 Å². The Labute approximate surface area is 76.6 Å². The number of hydrogen-bond donors (Lipinski definition) is 3. The highest BCUT2D eigenvalue weighted by atomic mass is 32.2. The third-order valence-corrected chi connectivity index (χ3v) is 1.95. The summed E-state index contributed by atoms with van der Waals surface area (Å²) in [6, 6.07) is 0. The lowest BCUT2D eigenvalue weighted by molar-refractivity contribution is 0.763. The molecule has 0 atom stereocenters. The van der Waals surface area contributed by atoms with E-state index >= 15 is 0 Å². The van der Waals surface area contributed by atoms with Crippen molar-refractivity contribution < 1.29 is 0 Å². The van der Waals surface area contributed by atoms with E-state index in [2.05, 4.69) is 12.2 Å². The van der Waals surface area contributed by atoms with E-state index in [1.165, 1.54) is 0 Å². The molecule has 0 bridgehead atoms. The molecule has 4 N–H and O–H groups in total. The summed E-state index contributed by atoms with van der Waals surface area (Å²) in [5.74, 6) is 0. The number of hydrogen-bond acceptors (Lipinski definition) is 3. The molecule has 0 aromatic carbocycles. The van der Waals surface area contributed by atoms with Gasteiger partial charge in [0.05, 0.1) is 0 Å². The molecule has 0 aliphatic heterocycles. The van der Waals surface area contributed by atoms with Gasteiger partial charge in [0.1, 0.15) is 4.32 Å². The molecule has 0 aromatic heterocycles. The summed E-state index contributed by atoms with van der Waals surface area (Å²) in [5.41, 5.74) is 5.12. The lowest BCUT2D eigenvalue weighted by Crippen LogP contribution is -2.22. The Morgan fingerprint density at radius 2 is 2.36 bits per heavy atom. The van der Waals surface area contributed by atoms with E-state index in [0.29, 0.717) is 4.32 Å². The van der Waals surface area contributed by atoms with Gasteiger partial charge in [-0.1, -0.05) is 25.6 Å². The molecule has 0 fully saturated rings. The summed E-state index contributed by atoms with van der Waals surface area (Å²) in [6.45, 7) is 2.98. The van der Waals surface area contributed by atoms with Crippen LogP contribution >= 0.6 is 24.0 Å². The van der Waals surface area contributed by atoms with E-state index < -0.39 is 0 Å². The SMILES string of the molecule is CCCCNC(=S)SC(=N)N. The Hall–Kier alpha value is -0.290.